The van der Waals surface area contributed by atoms with Crippen molar-refractivity contribution >= 4 is 10.0 Å². The highest BCUT2D eigenvalue weighted by Gasteiger charge is 2.26. The zero-order chi connectivity index (χ0) is 12.1. The maximum atomic E-state index is 12.0. The second-order valence-corrected chi connectivity index (χ2v) is 6.20. The SMILES string of the molecule is O=S(=O)(NCc1ccccn1)C1CCCNC1. The Kier molecular flexibility index (Phi) is 4.09. The second-order valence-electron chi connectivity index (χ2n) is 4.16. The average Bonchev–Trinajstić information content (AvgIpc) is 2.39. The molecule has 1 fully saturated rings. The normalized spacial score (nSPS) is 21.3. The molecule has 6 heteroatoms. The molecular formula is C11H17N3O2S. The summed E-state index contributed by atoms with van der Waals surface area (Å²) in [5, 5.41) is 2.78. The first-order chi connectivity index (χ1) is 8.18. The molecule has 5 nitrogen and oxygen atoms in total. The van der Waals surface area contributed by atoms with Crippen molar-refractivity contribution in [2.24, 2.45) is 0 Å². The first kappa shape index (κ1) is 12.5. The molecular weight excluding hydrogens is 238 g/mol. The predicted octanol–water partition coefficient (Wildman–Crippen LogP) is 0.253. The van der Waals surface area contributed by atoms with E-state index in [1.54, 1.807) is 6.20 Å². The lowest BCUT2D eigenvalue weighted by Crippen LogP contribution is -2.44. The number of hydrogen-bond donors (Lipinski definition) is 2. The van der Waals surface area contributed by atoms with Gasteiger partial charge in [0.25, 0.3) is 0 Å². The summed E-state index contributed by atoms with van der Waals surface area (Å²) in [5.41, 5.74) is 0.736. The van der Waals surface area contributed by atoms with Crippen molar-refractivity contribution in [3.05, 3.63) is 30.1 Å². The van der Waals surface area contributed by atoms with Gasteiger partial charge >= 0.3 is 0 Å². The van der Waals surface area contributed by atoms with Crippen LogP contribution in [0.5, 0.6) is 0 Å². The first-order valence-corrected chi connectivity index (χ1v) is 7.32. The Bertz CT molecular complexity index is 441. The van der Waals surface area contributed by atoms with Crippen LogP contribution in [0.15, 0.2) is 24.4 Å². The molecule has 0 aromatic carbocycles. The number of piperidine rings is 1. The summed E-state index contributed by atoms with van der Waals surface area (Å²) < 4.78 is 26.6. The van der Waals surface area contributed by atoms with E-state index in [9.17, 15) is 8.42 Å². The number of nitrogens with zero attached hydrogens (tertiary/aromatic N) is 1. The van der Waals surface area contributed by atoms with Gasteiger partial charge in [0.15, 0.2) is 0 Å². The highest BCUT2D eigenvalue weighted by atomic mass is 32.2. The van der Waals surface area contributed by atoms with E-state index in [1.165, 1.54) is 0 Å². The fourth-order valence-electron chi connectivity index (χ4n) is 1.88. The van der Waals surface area contributed by atoms with Crippen molar-refractivity contribution in [1.82, 2.24) is 15.0 Å². The Morgan fingerprint density at radius 2 is 2.35 bits per heavy atom. The van der Waals surface area contributed by atoms with Crippen LogP contribution >= 0.6 is 0 Å². The standard InChI is InChI=1S/C11H17N3O2S/c15-17(16,11-5-3-6-12-9-11)14-8-10-4-1-2-7-13-10/h1-2,4,7,11-12,14H,3,5-6,8-9H2. The van der Waals surface area contributed by atoms with Gasteiger partial charge in [-0.2, -0.15) is 0 Å². The molecule has 1 unspecified atom stereocenters. The molecule has 17 heavy (non-hydrogen) atoms. The van der Waals surface area contributed by atoms with Crippen LogP contribution in [0.2, 0.25) is 0 Å². The fourth-order valence-corrected chi connectivity index (χ4v) is 3.28. The van der Waals surface area contributed by atoms with E-state index in [1.807, 2.05) is 18.2 Å². The fraction of sp³-hybridized carbons (Fsp3) is 0.545. The molecule has 1 atom stereocenters. The molecule has 1 aliphatic rings. The minimum atomic E-state index is -3.23. The molecule has 0 amide bonds. The zero-order valence-electron chi connectivity index (χ0n) is 9.59. The largest absolute Gasteiger partial charge is 0.315 e. The number of sulfonamides is 1. The maximum Gasteiger partial charge on any atom is 0.216 e. The summed E-state index contributed by atoms with van der Waals surface area (Å²) in [6.07, 6.45) is 3.30. The molecule has 0 saturated carbocycles. The third-order valence-electron chi connectivity index (χ3n) is 2.87. The van der Waals surface area contributed by atoms with Gasteiger partial charge < -0.3 is 5.32 Å². The molecule has 0 bridgehead atoms. The van der Waals surface area contributed by atoms with E-state index in [0.717, 1.165) is 25.1 Å². The van der Waals surface area contributed by atoms with Crippen molar-refractivity contribution in [3.63, 3.8) is 0 Å². The van der Waals surface area contributed by atoms with Crippen molar-refractivity contribution in [1.29, 1.82) is 0 Å². The van der Waals surface area contributed by atoms with E-state index in [0.29, 0.717) is 6.54 Å². The summed E-state index contributed by atoms with van der Waals surface area (Å²) in [4.78, 5) is 4.08. The number of rotatable bonds is 4. The topological polar surface area (TPSA) is 71.1 Å². The molecule has 1 aliphatic heterocycles. The minimum absolute atomic E-state index is 0.264. The monoisotopic (exact) mass is 255 g/mol. The molecule has 2 rings (SSSR count). The molecule has 2 heterocycles. The van der Waals surface area contributed by atoms with Crippen molar-refractivity contribution in [2.75, 3.05) is 13.1 Å². The quantitative estimate of drug-likeness (QED) is 0.809. The van der Waals surface area contributed by atoms with Gasteiger partial charge in [-0.25, -0.2) is 13.1 Å². The third kappa shape index (κ3) is 3.49. The van der Waals surface area contributed by atoms with Gasteiger partial charge in [0.2, 0.25) is 10.0 Å². The van der Waals surface area contributed by atoms with Gasteiger partial charge in [-0.15, -0.1) is 0 Å². The lowest BCUT2D eigenvalue weighted by atomic mass is 10.2. The molecule has 1 aromatic rings. The van der Waals surface area contributed by atoms with E-state index in [4.69, 9.17) is 0 Å². The van der Waals surface area contributed by atoms with Gasteiger partial charge in [-0.05, 0) is 31.5 Å². The molecule has 0 spiro atoms. The van der Waals surface area contributed by atoms with Gasteiger partial charge in [-0.3, -0.25) is 4.98 Å². The molecule has 0 radical (unpaired) electrons. The van der Waals surface area contributed by atoms with Crippen LogP contribution in [0.4, 0.5) is 0 Å². The van der Waals surface area contributed by atoms with Gasteiger partial charge in [-0.1, -0.05) is 6.07 Å². The third-order valence-corrected chi connectivity index (χ3v) is 4.70. The molecule has 2 N–H and O–H groups in total. The Labute approximate surface area is 102 Å². The smallest absolute Gasteiger partial charge is 0.216 e. The van der Waals surface area contributed by atoms with E-state index in [-0.39, 0.29) is 11.8 Å². The van der Waals surface area contributed by atoms with Crippen molar-refractivity contribution < 1.29 is 8.42 Å². The van der Waals surface area contributed by atoms with Gasteiger partial charge in [0.1, 0.15) is 0 Å². The minimum Gasteiger partial charge on any atom is -0.315 e. The van der Waals surface area contributed by atoms with Crippen LogP contribution in [0.3, 0.4) is 0 Å². The first-order valence-electron chi connectivity index (χ1n) is 5.77. The summed E-state index contributed by atoms with van der Waals surface area (Å²) in [7, 11) is -3.23. The summed E-state index contributed by atoms with van der Waals surface area (Å²) in [5.74, 6) is 0. The van der Waals surface area contributed by atoms with Gasteiger partial charge in [0.05, 0.1) is 17.5 Å². The van der Waals surface area contributed by atoms with E-state index < -0.39 is 10.0 Å². The Hall–Kier alpha value is -0.980. The van der Waals surface area contributed by atoms with Crippen LogP contribution in [-0.2, 0) is 16.6 Å². The number of pyridine rings is 1. The zero-order valence-corrected chi connectivity index (χ0v) is 10.4. The Balaban J connectivity index is 1.93. The highest BCUT2D eigenvalue weighted by Crippen LogP contribution is 2.10. The second kappa shape index (κ2) is 5.57. The van der Waals surface area contributed by atoms with Crippen LogP contribution in [-0.4, -0.2) is 31.7 Å². The number of hydrogen-bond acceptors (Lipinski definition) is 4. The van der Waals surface area contributed by atoms with Gasteiger partial charge in [0, 0.05) is 12.7 Å². The number of aromatic nitrogens is 1. The summed E-state index contributed by atoms with van der Waals surface area (Å²) >= 11 is 0. The average molecular weight is 255 g/mol. The Morgan fingerprint density at radius 3 is 3.00 bits per heavy atom. The maximum absolute atomic E-state index is 12.0. The molecule has 94 valence electrons. The lowest BCUT2D eigenvalue weighted by molar-refractivity contribution is 0.489. The van der Waals surface area contributed by atoms with Crippen molar-refractivity contribution in [3.8, 4) is 0 Å². The molecule has 0 aliphatic carbocycles. The summed E-state index contributed by atoms with van der Waals surface area (Å²) in [6, 6.07) is 5.46. The van der Waals surface area contributed by atoms with Crippen molar-refractivity contribution in [2.45, 2.75) is 24.6 Å². The van der Waals surface area contributed by atoms with Crippen LogP contribution < -0.4 is 10.0 Å². The van der Waals surface area contributed by atoms with E-state index in [2.05, 4.69) is 15.0 Å². The van der Waals surface area contributed by atoms with E-state index >= 15 is 0 Å². The summed E-state index contributed by atoms with van der Waals surface area (Å²) in [6.45, 7) is 1.71. The Morgan fingerprint density at radius 1 is 1.47 bits per heavy atom. The van der Waals surface area contributed by atoms with Crippen LogP contribution in [0.1, 0.15) is 18.5 Å². The highest BCUT2D eigenvalue weighted by molar-refractivity contribution is 7.90. The predicted molar refractivity (Wildman–Crippen MR) is 65.9 cm³/mol. The van der Waals surface area contributed by atoms with Crippen LogP contribution in [0.25, 0.3) is 0 Å². The van der Waals surface area contributed by atoms with Crippen LogP contribution in [0, 0.1) is 0 Å². The number of nitrogens with one attached hydrogen (secondary N) is 2. The molecule has 1 aromatic heterocycles. The molecule has 1 saturated heterocycles. The lowest BCUT2D eigenvalue weighted by Gasteiger charge is -2.22.